The monoisotopic (exact) mass is 291 g/mol. The van der Waals surface area contributed by atoms with Crippen LogP contribution in [-0.4, -0.2) is 35.0 Å². The summed E-state index contributed by atoms with van der Waals surface area (Å²) in [4.78, 5) is 25.2. The van der Waals surface area contributed by atoms with Crippen molar-refractivity contribution >= 4 is 11.9 Å². The second kappa shape index (κ2) is 5.13. The molecule has 0 radical (unpaired) electrons. The first-order valence-corrected chi connectivity index (χ1v) is 7.24. The number of nitrogens with zero attached hydrogens (tertiary/aromatic N) is 1. The molecule has 1 aromatic carbocycles. The van der Waals surface area contributed by atoms with E-state index in [1.165, 1.54) is 12.1 Å². The molecule has 4 atom stereocenters. The van der Waals surface area contributed by atoms with Crippen molar-refractivity contribution in [2.75, 3.05) is 13.1 Å². The number of rotatable bonds is 3. The van der Waals surface area contributed by atoms with E-state index < -0.39 is 11.9 Å². The summed E-state index contributed by atoms with van der Waals surface area (Å²) >= 11 is 0. The van der Waals surface area contributed by atoms with Crippen molar-refractivity contribution in [3.63, 3.8) is 0 Å². The Kier molecular flexibility index (Phi) is 3.43. The zero-order valence-corrected chi connectivity index (χ0v) is 11.8. The molecule has 112 valence electrons. The predicted octanol–water partition coefficient (Wildman–Crippen LogP) is 2.11. The van der Waals surface area contributed by atoms with E-state index in [1.807, 2.05) is 6.92 Å². The maximum atomic E-state index is 12.9. The number of likely N-dealkylation sites (tertiary alicyclic amines) is 1. The van der Waals surface area contributed by atoms with Gasteiger partial charge in [-0.05, 0) is 36.0 Å². The van der Waals surface area contributed by atoms with E-state index in [0.717, 1.165) is 12.0 Å². The third-order valence-electron chi connectivity index (χ3n) is 4.65. The molecule has 0 spiro atoms. The fraction of sp³-hybridized carbons (Fsp3) is 0.500. The fourth-order valence-corrected chi connectivity index (χ4v) is 3.25. The van der Waals surface area contributed by atoms with Gasteiger partial charge >= 0.3 is 5.97 Å². The second-order valence-corrected chi connectivity index (χ2v) is 6.17. The van der Waals surface area contributed by atoms with Crippen LogP contribution in [-0.2, 0) is 9.59 Å². The van der Waals surface area contributed by atoms with Crippen molar-refractivity contribution < 1.29 is 19.1 Å². The van der Waals surface area contributed by atoms with Gasteiger partial charge in [0.05, 0.1) is 5.92 Å². The molecule has 0 aromatic heterocycles. The number of aliphatic carboxylic acids is 1. The van der Waals surface area contributed by atoms with E-state index in [9.17, 15) is 14.0 Å². The number of hydrogen-bond donors (Lipinski definition) is 1. The lowest BCUT2D eigenvalue weighted by Crippen LogP contribution is -2.31. The molecule has 2 aliphatic rings. The third kappa shape index (κ3) is 2.64. The Morgan fingerprint density at radius 3 is 2.43 bits per heavy atom. The van der Waals surface area contributed by atoms with Crippen LogP contribution in [0.1, 0.15) is 24.8 Å². The number of hydrogen-bond acceptors (Lipinski definition) is 2. The van der Waals surface area contributed by atoms with Crippen LogP contribution in [0.3, 0.4) is 0 Å². The van der Waals surface area contributed by atoms with Crippen molar-refractivity contribution in [2.45, 2.75) is 19.3 Å². The molecular formula is C16H18FNO3. The molecule has 1 saturated heterocycles. The Morgan fingerprint density at radius 2 is 1.86 bits per heavy atom. The summed E-state index contributed by atoms with van der Waals surface area (Å²) in [5.41, 5.74) is 0.983. The van der Waals surface area contributed by atoms with E-state index in [4.69, 9.17) is 5.11 Å². The molecule has 0 bridgehead atoms. The number of amides is 1. The summed E-state index contributed by atoms with van der Waals surface area (Å²) in [7, 11) is 0. The highest BCUT2D eigenvalue weighted by atomic mass is 19.1. The van der Waals surface area contributed by atoms with E-state index in [-0.39, 0.29) is 29.5 Å². The molecule has 5 heteroatoms. The first kappa shape index (κ1) is 14.0. The Labute approximate surface area is 122 Å². The van der Waals surface area contributed by atoms with Crippen LogP contribution >= 0.6 is 0 Å². The second-order valence-electron chi connectivity index (χ2n) is 6.17. The van der Waals surface area contributed by atoms with Gasteiger partial charge in [0.25, 0.3) is 0 Å². The lowest BCUT2D eigenvalue weighted by atomic mass is 9.99. The number of carbonyl (C=O) groups excluding carboxylic acids is 1. The summed E-state index contributed by atoms with van der Waals surface area (Å²) in [6.45, 7) is 2.70. The van der Waals surface area contributed by atoms with E-state index in [1.54, 1.807) is 17.0 Å². The standard InChI is InChI=1S/C16H18FNO3/c1-9-7-18(8-14(9)16(20)21)15(19)13-6-12(13)10-2-4-11(17)5-3-10/h2-5,9,12-14H,6-8H2,1H3,(H,20,21)/t9-,12?,13?,14-/m1/s1. The smallest absolute Gasteiger partial charge is 0.308 e. The minimum atomic E-state index is -0.830. The van der Waals surface area contributed by atoms with Gasteiger partial charge in [0, 0.05) is 19.0 Å². The van der Waals surface area contributed by atoms with E-state index >= 15 is 0 Å². The van der Waals surface area contributed by atoms with Gasteiger partial charge in [-0.1, -0.05) is 19.1 Å². The van der Waals surface area contributed by atoms with Gasteiger partial charge < -0.3 is 10.0 Å². The summed E-state index contributed by atoms with van der Waals surface area (Å²) in [5, 5.41) is 9.12. The number of carboxylic acid groups (broad SMARTS) is 1. The highest BCUT2D eigenvalue weighted by molar-refractivity contribution is 5.84. The first-order chi connectivity index (χ1) is 9.97. The minimum absolute atomic E-state index is 0.00512. The average Bonchev–Trinajstić information content (AvgIpc) is 3.14. The Morgan fingerprint density at radius 1 is 1.19 bits per heavy atom. The molecule has 3 rings (SSSR count). The number of halogens is 1. The largest absolute Gasteiger partial charge is 0.481 e. The molecule has 1 amide bonds. The summed E-state index contributed by atoms with van der Waals surface area (Å²) in [5.74, 6) is -1.46. The van der Waals surface area contributed by atoms with Gasteiger partial charge in [-0.15, -0.1) is 0 Å². The Hall–Kier alpha value is -1.91. The van der Waals surface area contributed by atoms with Gasteiger partial charge in [-0.2, -0.15) is 0 Å². The Bertz CT molecular complexity index is 571. The maximum absolute atomic E-state index is 12.9. The molecule has 2 unspecified atom stereocenters. The molecule has 2 fully saturated rings. The van der Waals surface area contributed by atoms with E-state index in [0.29, 0.717) is 13.1 Å². The maximum Gasteiger partial charge on any atom is 0.308 e. The van der Waals surface area contributed by atoms with Gasteiger partial charge in [-0.3, -0.25) is 9.59 Å². The normalized spacial score (nSPS) is 31.2. The lowest BCUT2D eigenvalue weighted by Gasteiger charge is -2.16. The van der Waals surface area contributed by atoms with Crippen LogP contribution < -0.4 is 0 Å². The van der Waals surface area contributed by atoms with Crippen LogP contribution in [0.25, 0.3) is 0 Å². The number of benzene rings is 1. The molecule has 1 N–H and O–H groups in total. The third-order valence-corrected chi connectivity index (χ3v) is 4.65. The molecule has 4 nitrogen and oxygen atoms in total. The van der Waals surface area contributed by atoms with Crippen LogP contribution in [0.5, 0.6) is 0 Å². The molecule has 1 saturated carbocycles. The summed E-state index contributed by atoms with van der Waals surface area (Å²) < 4.78 is 12.9. The number of carboxylic acids is 1. The summed E-state index contributed by atoms with van der Waals surface area (Å²) in [6, 6.07) is 6.26. The van der Waals surface area contributed by atoms with Crippen LogP contribution in [0.4, 0.5) is 4.39 Å². The van der Waals surface area contributed by atoms with E-state index in [2.05, 4.69) is 0 Å². The molecule has 1 aliphatic heterocycles. The highest BCUT2D eigenvalue weighted by Gasteiger charge is 2.48. The van der Waals surface area contributed by atoms with Crippen molar-refractivity contribution in [3.8, 4) is 0 Å². The zero-order valence-electron chi connectivity index (χ0n) is 11.8. The Balaban J connectivity index is 1.63. The van der Waals surface area contributed by atoms with Gasteiger partial charge in [0.2, 0.25) is 5.91 Å². The van der Waals surface area contributed by atoms with Gasteiger partial charge in [0.15, 0.2) is 0 Å². The van der Waals surface area contributed by atoms with Crippen LogP contribution in [0, 0.1) is 23.6 Å². The molecular weight excluding hydrogens is 273 g/mol. The highest BCUT2D eigenvalue weighted by Crippen LogP contribution is 2.49. The predicted molar refractivity (Wildman–Crippen MR) is 74.1 cm³/mol. The first-order valence-electron chi connectivity index (χ1n) is 7.24. The van der Waals surface area contributed by atoms with Crippen molar-refractivity contribution in [1.29, 1.82) is 0 Å². The quantitative estimate of drug-likeness (QED) is 0.928. The van der Waals surface area contributed by atoms with Crippen molar-refractivity contribution in [3.05, 3.63) is 35.6 Å². The molecule has 1 aromatic rings. The van der Waals surface area contributed by atoms with Crippen molar-refractivity contribution in [2.24, 2.45) is 17.8 Å². The average molecular weight is 291 g/mol. The molecule has 1 aliphatic carbocycles. The topological polar surface area (TPSA) is 57.6 Å². The summed E-state index contributed by atoms with van der Waals surface area (Å²) in [6.07, 6.45) is 0.771. The van der Waals surface area contributed by atoms with Crippen molar-refractivity contribution in [1.82, 2.24) is 4.90 Å². The zero-order chi connectivity index (χ0) is 15.1. The molecule has 1 heterocycles. The minimum Gasteiger partial charge on any atom is -0.481 e. The SMILES string of the molecule is C[C@@H]1CN(C(=O)C2CC2c2ccc(F)cc2)C[C@H]1C(=O)O. The van der Waals surface area contributed by atoms with Crippen LogP contribution in [0.15, 0.2) is 24.3 Å². The molecule has 21 heavy (non-hydrogen) atoms. The van der Waals surface area contributed by atoms with Crippen LogP contribution in [0.2, 0.25) is 0 Å². The fourth-order valence-electron chi connectivity index (χ4n) is 3.25. The lowest BCUT2D eigenvalue weighted by molar-refractivity contribution is -0.142. The van der Waals surface area contributed by atoms with Gasteiger partial charge in [-0.25, -0.2) is 4.39 Å². The number of carbonyl (C=O) groups is 2. The van der Waals surface area contributed by atoms with Gasteiger partial charge in [0.1, 0.15) is 5.82 Å².